The van der Waals surface area contributed by atoms with Gasteiger partial charge in [0.1, 0.15) is 11.9 Å². The van der Waals surface area contributed by atoms with Crippen LogP contribution in [-0.2, 0) is 17.7 Å². The SMILES string of the molecule is CC(C)(C)OC(=O)N1CCCc2cc(C=O)ccc2C1. The van der Waals surface area contributed by atoms with Crippen LogP contribution in [0.25, 0.3) is 0 Å². The summed E-state index contributed by atoms with van der Waals surface area (Å²) >= 11 is 0. The molecular formula is C16H21NO3. The molecule has 0 aliphatic carbocycles. The molecule has 4 nitrogen and oxygen atoms in total. The van der Waals surface area contributed by atoms with Crippen LogP contribution >= 0.6 is 0 Å². The number of aryl methyl sites for hydroxylation is 1. The minimum atomic E-state index is -0.479. The molecule has 1 heterocycles. The van der Waals surface area contributed by atoms with Crippen molar-refractivity contribution in [3.05, 3.63) is 34.9 Å². The highest BCUT2D eigenvalue weighted by molar-refractivity contribution is 5.75. The van der Waals surface area contributed by atoms with E-state index in [1.54, 1.807) is 11.0 Å². The maximum absolute atomic E-state index is 12.1. The Hall–Kier alpha value is -1.84. The van der Waals surface area contributed by atoms with Crippen LogP contribution in [0.3, 0.4) is 0 Å². The third-order valence-electron chi connectivity index (χ3n) is 3.25. The largest absolute Gasteiger partial charge is 0.444 e. The van der Waals surface area contributed by atoms with E-state index >= 15 is 0 Å². The molecule has 108 valence electrons. The average Bonchev–Trinajstić information content (AvgIpc) is 2.57. The van der Waals surface area contributed by atoms with Gasteiger partial charge in [-0.3, -0.25) is 4.79 Å². The van der Waals surface area contributed by atoms with Gasteiger partial charge in [0.05, 0.1) is 0 Å². The molecule has 2 rings (SSSR count). The minimum absolute atomic E-state index is 0.273. The summed E-state index contributed by atoms with van der Waals surface area (Å²) in [5, 5.41) is 0. The first-order valence-electron chi connectivity index (χ1n) is 6.94. The van der Waals surface area contributed by atoms with Crippen LogP contribution in [0, 0.1) is 0 Å². The Kier molecular flexibility index (Phi) is 4.12. The number of aldehydes is 1. The third kappa shape index (κ3) is 3.59. The number of carbonyl (C=O) groups excluding carboxylic acids is 2. The van der Waals surface area contributed by atoms with Gasteiger partial charge < -0.3 is 9.64 Å². The van der Waals surface area contributed by atoms with Crippen LogP contribution < -0.4 is 0 Å². The Balaban J connectivity index is 2.16. The third-order valence-corrected chi connectivity index (χ3v) is 3.25. The smallest absolute Gasteiger partial charge is 0.410 e. The van der Waals surface area contributed by atoms with Gasteiger partial charge in [-0.25, -0.2) is 4.79 Å². The van der Waals surface area contributed by atoms with Crippen LogP contribution in [0.5, 0.6) is 0 Å². The quantitative estimate of drug-likeness (QED) is 0.739. The lowest BCUT2D eigenvalue weighted by Gasteiger charge is -2.26. The molecule has 0 spiro atoms. The molecule has 0 fully saturated rings. The summed E-state index contributed by atoms with van der Waals surface area (Å²) in [6.07, 6.45) is 2.35. The summed E-state index contributed by atoms with van der Waals surface area (Å²) in [6, 6.07) is 5.65. The molecule has 1 aromatic carbocycles. The molecule has 0 atom stereocenters. The topological polar surface area (TPSA) is 46.6 Å². The van der Waals surface area contributed by atoms with Crippen LogP contribution in [0.15, 0.2) is 18.2 Å². The fraction of sp³-hybridized carbons (Fsp3) is 0.500. The first-order chi connectivity index (χ1) is 9.39. The maximum atomic E-state index is 12.1. The Morgan fingerprint density at radius 1 is 1.30 bits per heavy atom. The van der Waals surface area contributed by atoms with Crippen molar-refractivity contribution in [3.63, 3.8) is 0 Å². The number of benzene rings is 1. The lowest BCUT2D eigenvalue weighted by Crippen LogP contribution is -2.36. The fourth-order valence-electron chi connectivity index (χ4n) is 2.33. The lowest BCUT2D eigenvalue weighted by molar-refractivity contribution is 0.0236. The van der Waals surface area contributed by atoms with Gasteiger partial charge in [-0.2, -0.15) is 0 Å². The summed E-state index contributed by atoms with van der Waals surface area (Å²) in [6.45, 7) is 6.83. The average molecular weight is 275 g/mol. The van der Waals surface area contributed by atoms with E-state index in [1.165, 1.54) is 0 Å². The van der Waals surface area contributed by atoms with E-state index in [-0.39, 0.29) is 6.09 Å². The van der Waals surface area contributed by atoms with E-state index in [9.17, 15) is 9.59 Å². The predicted octanol–water partition coefficient (Wildman–Crippen LogP) is 3.18. The van der Waals surface area contributed by atoms with Crippen molar-refractivity contribution >= 4 is 12.4 Å². The Bertz CT molecular complexity index is 517. The van der Waals surface area contributed by atoms with E-state index in [0.717, 1.165) is 30.3 Å². The highest BCUT2D eigenvalue weighted by Gasteiger charge is 2.24. The molecule has 0 N–H and O–H groups in total. The molecule has 0 saturated heterocycles. The molecule has 1 amide bonds. The molecule has 1 aliphatic rings. The summed E-state index contributed by atoms with van der Waals surface area (Å²) in [4.78, 5) is 24.7. The standard InChI is InChI=1S/C16H21NO3/c1-16(2,3)20-15(19)17-8-4-5-13-9-12(11-18)6-7-14(13)10-17/h6-7,9,11H,4-5,8,10H2,1-3H3. The number of hydrogen-bond acceptors (Lipinski definition) is 3. The molecule has 0 bridgehead atoms. The first-order valence-corrected chi connectivity index (χ1v) is 6.94. The van der Waals surface area contributed by atoms with Crippen molar-refractivity contribution in [1.29, 1.82) is 0 Å². The zero-order valence-corrected chi connectivity index (χ0v) is 12.3. The number of nitrogens with zero attached hydrogens (tertiary/aromatic N) is 1. The van der Waals surface area contributed by atoms with E-state index in [1.807, 2.05) is 32.9 Å². The zero-order valence-electron chi connectivity index (χ0n) is 12.3. The molecule has 0 radical (unpaired) electrons. The predicted molar refractivity (Wildman–Crippen MR) is 76.8 cm³/mol. The highest BCUT2D eigenvalue weighted by Crippen LogP contribution is 2.21. The van der Waals surface area contributed by atoms with Gasteiger partial charge in [-0.15, -0.1) is 0 Å². The van der Waals surface area contributed by atoms with Crippen molar-refractivity contribution in [2.24, 2.45) is 0 Å². The second kappa shape index (κ2) is 5.65. The van der Waals surface area contributed by atoms with E-state index in [4.69, 9.17) is 4.74 Å². The molecule has 1 aromatic rings. The van der Waals surface area contributed by atoms with Crippen LogP contribution in [0.2, 0.25) is 0 Å². The molecule has 0 aromatic heterocycles. The number of hydrogen-bond donors (Lipinski definition) is 0. The van der Waals surface area contributed by atoms with Crippen LogP contribution in [-0.4, -0.2) is 29.4 Å². The maximum Gasteiger partial charge on any atom is 0.410 e. The van der Waals surface area contributed by atoms with Crippen molar-refractivity contribution in [1.82, 2.24) is 4.90 Å². The summed E-state index contributed by atoms with van der Waals surface area (Å²) < 4.78 is 5.42. The number of ether oxygens (including phenoxy) is 1. The first kappa shape index (κ1) is 14.6. The number of amides is 1. The summed E-state index contributed by atoms with van der Waals surface area (Å²) in [7, 11) is 0. The van der Waals surface area contributed by atoms with Crippen molar-refractivity contribution < 1.29 is 14.3 Å². The molecule has 0 saturated carbocycles. The number of rotatable bonds is 1. The van der Waals surface area contributed by atoms with Gasteiger partial charge in [0, 0.05) is 18.7 Å². The van der Waals surface area contributed by atoms with Crippen LogP contribution in [0.4, 0.5) is 4.79 Å². The van der Waals surface area contributed by atoms with Gasteiger partial charge in [-0.1, -0.05) is 12.1 Å². The zero-order chi connectivity index (χ0) is 14.8. The van der Waals surface area contributed by atoms with Gasteiger partial charge in [0.25, 0.3) is 0 Å². The molecule has 20 heavy (non-hydrogen) atoms. The summed E-state index contributed by atoms with van der Waals surface area (Å²) in [5.41, 5.74) is 2.46. The molecule has 1 aliphatic heterocycles. The second-order valence-electron chi connectivity index (χ2n) is 6.15. The normalized spacial score (nSPS) is 15.2. The Morgan fingerprint density at radius 3 is 2.70 bits per heavy atom. The van der Waals surface area contributed by atoms with Gasteiger partial charge in [0.2, 0.25) is 0 Å². The van der Waals surface area contributed by atoms with Crippen molar-refractivity contribution in [2.75, 3.05) is 6.54 Å². The number of fused-ring (bicyclic) bond motifs is 1. The minimum Gasteiger partial charge on any atom is -0.444 e. The number of carbonyl (C=O) groups is 2. The van der Waals surface area contributed by atoms with Gasteiger partial charge >= 0.3 is 6.09 Å². The fourth-order valence-corrected chi connectivity index (χ4v) is 2.33. The van der Waals surface area contributed by atoms with Gasteiger partial charge in [0.15, 0.2) is 0 Å². The molecule has 0 unspecified atom stereocenters. The molecule has 4 heteroatoms. The van der Waals surface area contributed by atoms with Crippen molar-refractivity contribution in [2.45, 2.75) is 45.8 Å². The van der Waals surface area contributed by atoms with Crippen molar-refractivity contribution in [3.8, 4) is 0 Å². The van der Waals surface area contributed by atoms with Gasteiger partial charge in [-0.05, 0) is 50.8 Å². The van der Waals surface area contributed by atoms with Crippen LogP contribution in [0.1, 0.15) is 48.7 Å². The Labute approximate surface area is 119 Å². The summed E-state index contributed by atoms with van der Waals surface area (Å²) in [5.74, 6) is 0. The Morgan fingerprint density at radius 2 is 2.05 bits per heavy atom. The van der Waals surface area contributed by atoms with E-state index in [2.05, 4.69) is 0 Å². The van der Waals surface area contributed by atoms with E-state index in [0.29, 0.717) is 18.7 Å². The molecular weight excluding hydrogens is 254 g/mol. The lowest BCUT2D eigenvalue weighted by atomic mass is 10.0. The van der Waals surface area contributed by atoms with E-state index < -0.39 is 5.60 Å². The monoisotopic (exact) mass is 275 g/mol. The highest BCUT2D eigenvalue weighted by atomic mass is 16.6. The second-order valence-corrected chi connectivity index (χ2v) is 6.15.